The summed E-state index contributed by atoms with van der Waals surface area (Å²) in [6.07, 6.45) is 0. The van der Waals surface area contributed by atoms with E-state index in [1.807, 2.05) is 0 Å². The maximum absolute atomic E-state index is 2.55. The number of hydrogen-bond acceptors (Lipinski definition) is 0. The number of fused-ring (bicyclic) bond motifs is 10. The molecule has 0 unspecified atom stereocenters. The van der Waals surface area contributed by atoms with Crippen LogP contribution in [-0.2, 0) is 5.41 Å². The smallest absolute Gasteiger partial charge is 0.0588 e. The number of hydrogen-bond donors (Lipinski definition) is 0. The number of rotatable bonds is 4. The fourth-order valence-corrected chi connectivity index (χ4v) is 9.25. The maximum Gasteiger partial charge on any atom is 0.0588 e. The Kier molecular flexibility index (Phi) is 6.33. The molecule has 250 valence electrons. The molecule has 2 heteroatoms. The van der Waals surface area contributed by atoms with Crippen LogP contribution in [0.4, 0.5) is 0 Å². The minimum absolute atomic E-state index is 0.170. The lowest BCUT2D eigenvalue weighted by Crippen LogP contribution is -2.16. The van der Waals surface area contributed by atoms with Crippen molar-refractivity contribution in [1.29, 1.82) is 0 Å². The highest BCUT2D eigenvalue weighted by atomic mass is 15.0. The van der Waals surface area contributed by atoms with E-state index in [9.17, 15) is 0 Å². The third kappa shape index (κ3) is 4.33. The Morgan fingerprint density at radius 3 is 1.60 bits per heavy atom. The van der Waals surface area contributed by atoms with Gasteiger partial charge >= 0.3 is 0 Å². The molecular formula is C51H36N2. The van der Waals surface area contributed by atoms with E-state index in [1.165, 1.54) is 88.1 Å². The van der Waals surface area contributed by atoms with E-state index in [0.29, 0.717) is 0 Å². The first-order valence-corrected chi connectivity index (χ1v) is 18.5. The van der Waals surface area contributed by atoms with Crippen molar-refractivity contribution in [3.63, 3.8) is 0 Å². The Hall–Kier alpha value is -6.64. The van der Waals surface area contributed by atoms with Crippen molar-refractivity contribution in [3.05, 3.63) is 193 Å². The minimum Gasteiger partial charge on any atom is -0.309 e. The summed E-state index contributed by atoms with van der Waals surface area (Å²) < 4.78 is 4.99. The van der Waals surface area contributed by atoms with Crippen LogP contribution >= 0.6 is 0 Å². The van der Waals surface area contributed by atoms with Crippen molar-refractivity contribution in [3.8, 4) is 44.8 Å². The fourth-order valence-electron chi connectivity index (χ4n) is 9.25. The van der Waals surface area contributed by atoms with Crippen LogP contribution in [0.15, 0.2) is 182 Å². The van der Waals surface area contributed by atoms with Crippen LogP contribution in [0.1, 0.15) is 25.0 Å². The van der Waals surface area contributed by atoms with Gasteiger partial charge in [-0.25, -0.2) is 0 Å². The molecule has 2 aromatic heterocycles. The van der Waals surface area contributed by atoms with Gasteiger partial charge in [0.05, 0.1) is 22.1 Å². The maximum atomic E-state index is 2.55. The molecule has 0 radical (unpaired) electrons. The van der Waals surface area contributed by atoms with Gasteiger partial charge in [0.1, 0.15) is 0 Å². The molecule has 10 aromatic rings. The second-order valence-electron chi connectivity index (χ2n) is 15.0. The van der Waals surface area contributed by atoms with Crippen LogP contribution in [0.2, 0.25) is 0 Å². The summed E-state index contributed by atoms with van der Waals surface area (Å²) in [6.45, 7) is 4.80. The zero-order chi connectivity index (χ0) is 35.3. The van der Waals surface area contributed by atoms with Crippen molar-refractivity contribution in [2.75, 3.05) is 0 Å². The van der Waals surface area contributed by atoms with Crippen LogP contribution in [-0.4, -0.2) is 9.13 Å². The van der Waals surface area contributed by atoms with Crippen molar-refractivity contribution in [2.45, 2.75) is 19.3 Å². The zero-order valence-electron chi connectivity index (χ0n) is 29.7. The summed E-state index contributed by atoms with van der Waals surface area (Å²) in [5.41, 5.74) is 17.4. The van der Waals surface area contributed by atoms with E-state index < -0.39 is 0 Å². The molecule has 0 saturated carbocycles. The molecular weight excluding hydrogens is 641 g/mol. The van der Waals surface area contributed by atoms with Gasteiger partial charge < -0.3 is 9.13 Å². The zero-order valence-corrected chi connectivity index (χ0v) is 29.7. The van der Waals surface area contributed by atoms with Gasteiger partial charge in [-0.1, -0.05) is 147 Å². The van der Waals surface area contributed by atoms with Gasteiger partial charge in [-0.15, -0.1) is 0 Å². The molecule has 1 aliphatic rings. The number of nitrogens with zero attached hydrogens (tertiary/aromatic N) is 2. The Bertz CT molecular complexity index is 3050. The predicted molar refractivity (Wildman–Crippen MR) is 224 cm³/mol. The fraction of sp³-hybridized carbons (Fsp3) is 0.0588. The lowest BCUT2D eigenvalue weighted by Gasteiger charge is -2.23. The topological polar surface area (TPSA) is 9.86 Å². The number of aromatic nitrogens is 2. The lowest BCUT2D eigenvalue weighted by molar-refractivity contribution is 0.664. The average molecular weight is 677 g/mol. The molecule has 2 nitrogen and oxygen atoms in total. The molecule has 8 aromatic carbocycles. The summed E-state index contributed by atoms with van der Waals surface area (Å²) in [4.78, 5) is 0. The molecule has 11 rings (SSSR count). The van der Waals surface area contributed by atoms with Gasteiger partial charge in [0, 0.05) is 38.3 Å². The molecule has 0 aliphatic heterocycles. The minimum atomic E-state index is -0.170. The molecule has 0 spiro atoms. The molecule has 0 atom stereocenters. The van der Waals surface area contributed by atoms with Gasteiger partial charge in [-0.05, 0) is 93.0 Å². The summed E-state index contributed by atoms with van der Waals surface area (Å²) in [7, 11) is 0. The highest BCUT2D eigenvalue weighted by molar-refractivity contribution is 6.15. The summed E-state index contributed by atoms with van der Waals surface area (Å²) in [5, 5.41) is 5.06. The van der Waals surface area contributed by atoms with Gasteiger partial charge in [0.15, 0.2) is 0 Å². The molecule has 2 heterocycles. The average Bonchev–Trinajstić information content (AvgIpc) is 3.81. The van der Waals surface area contributed by atoms with Crippen LogP contribution in [0.25, 0.3) is 88.4 Å². The Morgan fingerprint density at radius 1 is 0.358 bits per heavy atom. The van der Waals surface area contributed by atoms with E-state index in [-0.39, 0.29) is 5.41 Å². The first-order valence-electron chi connectivity index (χ1n) is 18.5. The van der Waals surface area contributed by atoms with Crippen molar-refractivity contribution >= 4 is 43.6 Å². The first-order chi connectivity index (χ1) is 26.1. The van der Waals surface area contributed by atoms with Crippen molar-refractivity contribution in [2.24, 2.45) is 0 Å². The molecule has 0 saturated heterocycles. The van der Waals surface area contributed by atoms with Crippen LogP contribution in [0.5, 0.6) is 0 Å². The third-order valence-corrected chi connectivity index (χ3v) is 11.7. The Balaban J connectivity index is 1.24. The Labute approximate surface area is 308 Å². The van der Waals surface area contributed by atoms with E-state index >= 15 is 0 Å². The van der Waals surface area contributed by atoms with E-state index in [1.54, 1.807) is 0 Å². The second-order valence-corrected chi connectivity index (χ2v) is 15.0. The monoisotopic (exact) mass is 676 g/mol. The standard InChI is InChI=1S/C51H36N2/c1-51(2)45-21-13-12-20-39(45)41-26-27-42-44-31-36(34-16-8-4-9-17-34)23-29-47(44)53(50(42)49(41)51)38-24-25-40-43-30-35(33-14-6-3-7-15-33)22-28-46(43)52(48(40)32-38)37-18-10-5-11-19-37/h3-32H,1-2H3. The van der Waals surface area contributed by atoms with Gasteiger partial charge in [-0.2, -0.15) is 0 Å². The molecule has 0 bridgehead atoms. The number of para-hydroxylation sites is 1. The lowest BCUT2D eigenvalue weighted by atomic mass is 9.81. The summed E-state index contributed by atoms with van der Waals surface area (Å²) in [5.74, 6) is 0. The molecule has 53 heavy (non-hydrogen) atoms. The van der Waals surface area contributed by atoms with Crippen LogP contribution in [0, 0.1) is 0 Å². The largest absolute Gasteiger partial charge is 0.309 e. The second kappa shape index (κ2) is 11.2. The van der Waals surface area contributed by atoms with Crippen molar-refractivity contribution < 1.29 is 0 Å². The van der Waals surface area contributed by atoms with Crippen LogP contribution in [0.3, 0.4) is 0 Å². The molecule has 0 fully saturated rings. The predicted octanol–water partition coefficient (Wildman–Crippen LogP) is 13.5. The third-order valence-electron chi connectivity index (χ3n) is 11.7. The summed E-state index contributed by atoms with van der Waals surface area (Å²) >= 11 is 0. The Morgan fingerprint density at radius 2 is 0.925 bits per heavy atom. The van der Waals surface area contributed by atoms with Gasteiger partial charge in [0.2, 0.25) is 0 Å². The molecule has 0 N–H and O–H groups in total. The normalized spacial score (nSPS) is 13.2. The van der Waals surface area contributed by atoms with E-state index in [2.05, 4.69) is 205 Å². The SMILES string of the molecule is CC1(C)c2ccccc2-c2ccc3c4cc(-c5ccccc5)ccc4n(-c4ccc5c6cc(-c7ccccc7)ccc6n(-c6ccccc6)c5c4)c3c21. The van der Waals surface area contributed by atoms with Gasteiger partial charge in [-0.3, -0.25) is 0 Å². The van der Waals surface area contributed by atoms with E-state index in [4.69, 9.17) is 0 Å². The molecule has 0 amide bonds. The number of benzene rings is 8. The highest BCUT2D eigenvalue weighted by Crippen LogP contribution is 2.53. The van der Waals surface area contributed by atoms with Crippen molar-refractivity contribution in [1.82, 2.24) is 9.13 Å². The quantitative estimate of drug-likeness (QED) is 0.176. The van der Waals surface area contributed by atoms with E-state index in [0.717, 1.165) is 11.4 Å². The molecule has 1 aliphatic carbocycles. The van der Waals surface area contributed by atoms with Gasteiger partial charge in [0.25, 0.3) is 0 Å². The highest BCUT2D eigenvalue weighted by Gasteiger charge is 2.38. The summed E-state index contributed by atoms with van der Waals surface area (Å²) in [6, 6.07) is 67.0. The van der Waals surface area contributed by atoms with Crippen LogP contribution < -0.4 is 0 Å². The first kappa shape index (κ1) is 30.0.